The van der Waals surface area contributed by atoms with Crippen LogP contribution in [0, 0.1) is 12.7 Å². The number of rotatable bonds is 6. The summed E-state index contributed by atoms with van der Waals surface area (Å²) in [5.41, 5.74) is 1.39. The van der Waals surface area contributed by atoms with Crippen molar-refractivity contribution >= 4 is 23.0 Å². The molecule has 0 unspecified atom stereocenters. The van der Waals surface area contributed by atoms with Gasteiger partial charge < -0.3 is 5.32 Å². The minimum atomic E-state index is -0.258. The summed E-state index contributed by atoms with van der Waals surface area (Å²) in [6.45, 7) is 2.02. The van der Waals surface area contributed by atoms with E-state index in [2.05, 4.69) is 5.32 Å². The molecule has 0 aliphatic carbocycles. The molecule has 0 fully saturated rings. The van der Waals surface area contributed by atoms with Gasteiger partial charge in [0.1, 0.15) is 5.82 Å². The highest BCUT2D eigenvalue weighted by Gasteiger charge is 2.10. The normalized spacial score (nSPS) is 10.4. The third-order valence-electron chi connectivity index (χ3n) is 3.09. The Morgan fingerprint density at radius 3 is 2.71 bits per heavy atom. The van der Waals surface area contributed by atoms with Crippen LogP contribution in [0.1, 0.15) is 33.6 Å². The van der Waals surface area contributed by atoms with Crippen molar-refractivity contribution in [1.29, 1.82) is 0 Å². The van der Waals surface area contributed by atoms with Crippen molar-refractivity contribution in [3.05, 3.63) is 57.5 Å². The van der Waals surface area contributed by atoms with Gasteiger partial charge in [0, 0.05) is 19.4 Å². The van der Waals surface area contributed by atoms with Crippen molar-refractivity contribution in [2.45, 2.75) is 26.3 Å². The number of carbonyl (C=O) groups excluding carboxylic acids is 2. The number of carbonyl (C=O) groups is 2. The number of nitrogens with one attached hydrogen (secondary N) is 1. The molecule has 0 aliphatic heterocycles. The van der Waals surface area contributed by atoms with Crippen LogP contribution in [-0.2, 0) is 11.3 Å². The van der Waals surface area contributed by atoms with Crippen LogP contribution in [0.3, 0.4) is 0 Å². The largest absolute Gasteiger partial charge is 0.352 e. The lowest BCUT2D eigenvalue weighted by atomic mass is 10.1. The molecule has 110 valence electrons. The first-order valence-electron chi connectivity index (χ1n) is 6.64. The molecule has 1 N–H and O–H groups in total. The predicted molar refractivity (Wildman–Crippen MR) is 80.9 cm³/mol. The minimum Gasteiger partial charge on any atom is -0.352 e. The lowest BCUT2D eigenvalue weighted by molar-refractivity contribution is -0.121. The molecule has 1 aromatic heterocycles. The zero-order valence-electron chi connectivity index (χ0n) is 11.7. The van der Waals surface area contributed by atoms with Crippen molar-refractivity contribution in [3.8, 4) is 0 Å². The third-order valence-corrected chi connectivity index (χ3v) is 4.00. The average molecular weight is 305 g/mol. The van der Waals surface area contributed by atoms with E-state index in [1.807, 2.05) is 11.4 Å². The molecule has 2 aromatic rings. The number of aryl methyl sites for hydroxylation is 1. The Bertz CT molecular complexity index is 638. The number of ketones is 1. The Balaban J connectivity index is 1.77. The fourth-order valence-corrected chi connectivity index (χ4v) is 2.59. The molecule has 5 heteroatoms. The fraction of sp³-hybridized carbons (Fsp3) is 0.250. The quantitative estimate of drug-likeness (QED) is 0.831. The van der Waals surface area contributed by atoms with E-state index in [-0.39, 0.29) is 30.3 Å². The lowest BCUT2D eigenvalue weighted by Crippen LogP contribution is -2.23. The molecule has 0 atom stereocenters. The van der Waals surface area contributed by atoms with E-state index in [1.54, 1.807) is 25.1 Å². The van der Waals surface area contributed by atoms with Gasteiger partial charge in [-0.25, -0.2) is 4.39 Å². The van der Waals surface area contributed by atoms with Gasteiger partial charge in [-0.15, -0.1) is 11.3 Å². The van der Waals surface area contributed by atoms with Crippen LogP contribution < -0.4 is 5.32 Å². The molecule has 0 bridgehead atoms. The first-order chi connectivity index (χ1) is 10.1. The van der Waals surface area contributed by atoms with E-state index in [1.165, 1.54) is 17.4 Å². The summed E-state index contributed by atoms with van der Waals surface area (Å²) in [5.74, 6) is -0.453. The maximum absolute atomic E-state index is 13.1. The monoisotopic (exact) mass is 305 g/mol. The first-order valence-corrected chi connectivity index (χ1v) is 7.52. The van der Waals surface area contributed by atoms with E-state index in [4.69, 9.17) is 0 Å². The number of thiophene rings is 1. The number of halogens is 1. The van der Waals surface area contributed by atoms with Crippen LogP contribution in [0.4, 0.5) is 4.39 Å². The highest BCUT2D eigenvalue weighted by atomic mass is 32.1. The predicted octanol–water partition coefficient (Wildman–Crippen LogP) is 3.47. The molecule has 2 rings (SSSR count). The minimum absolute atomic E-state index is 0.0159. The Morgan fingerprint density at radius 2 is 2.05 bits per heavy atom. The van der Waals surface area contributed by atoms with E-state index in [0.29, 0.717) is 17.0 Å². The lowest BCUT2D eigenvalue weighted by Gasteiger charge is -2.06. The second-order valence-electron chi connectivity index (χ2n) is 4.76. The van der Waals surface area contributed by atoms with Crippen LogP contribution in [0.2, 0.25) is 0 Å². The summed E-state index contributed by atoms with van der Waals surface area (Å²) >= 11 is 1.38. The maximum Gasteiger partial charge on any atom is 0.220 e. The summed E-state index contributed by atoms with van der Waals surface area (Å²) in [6, 6.07) is 8.30. The van der Waals surface area contributed by atoms with Crippen LogP contribution in [0.15, 0.2) is 35.7 Å². The zero-order valence-corrected chi connectivity index (χ0v) is 12.5. The van der Waals surface area contributed by atoms with Gasteiger partial charge in [-0.2, -0.15) is 0 Å². The van der Waals surface area contributed by atoms with Gasteiger partial charge in [0.2, 0.25) is 5.91 Å². The number of amides is 1. The molecule has 21 heavy (non-hydrogen) atoms. The van der Waals surface area contributed by atoms with E-state index < -0.39 is 0 Å². The topological polar surface area (TPSA) is 46.2 Å². The fourth-order valence-electron chi connectivity index (χ4n) is 1.89. The molecule has 1 amide bonds. The summed E-state index contributed by atoms with van der Waals surface area (Å²) in [6.07, 6.45) is 0.367. The molecule has 0 saturated carbocycles. The van der Waals surface area contributed by atoms with Crippen LogP contribution in [0.5, 0.6) is 0 Å². The second kappa shape index (κ2) is 7.13. The van der Waals surface area contributed by atoms with Crippen molar-refractivity contribution in [1.82, 2.24) is 5.32 Å². The summed E-state index contributed by atoms with van der Waals surface area (Å²) in [4.78, 5) is 24.1. The first kappa shape index (κ1) is 15.4. The molecule has 0 spiro atoms. The van der Waals surface area contributed by atoms with Gasteiger partial charge in [-0.1, -0.05) is 18.2 Å². The molecule has 0 radical (unpaired) electrons. The van der Waals surface area contributed by atoms with Crippen molar-refractivity contribution in [2.24, 2.45) is 0 Å². The van der Waals surface area contributed by atoms with E-state index in [9.17, 15) is 14.0 Å². The van der Waals surface area contributed by atoms with Gasteiger partial charge in [0.15, 0.2) is 5.78 Å². The number of Topliss-reactive ketones (excluding diaryl/α,β-unsaturated/α-hetero) is 1. The standard InChI is InChI=1S/C16H16FNO2S/c1-11-9-12(4-5-13(11)17)10-18-16(20)7-6-14(19)15-3-2-8-21-15/h2-5,8-9H,6-7,10H2,1H3,(H,18,20). The zero-order chi connectivity index (χ0) is 15.2. The van der Waals surface area contributed by atoms with Gasteiger partial charge in [0.05, 0.1) is 4.88 Å². The maximum atomic E-state index is 13.1. The summed E-state index contributed by atoms with van der Waals surface area (Å²) in [7, 11) is 0. The van der Waals surface area contributed by atoms with E-state index in [0.717, 1.165) is 5.56 Å². The highest BCUT2D eigenvalue weighted by molar-refractivity contribution is 7.12. The van der Waals surface area contributed by atoms with Gasteiger partial charge in [-0.3, -0.25) is 9.59 Å². The molecule has 0 aliphatic rings. The van der Waals surface area contributed by atoms with Crippen molar-refractivity contribution in [2.75, 3.05) is 0 Å². The number of benzene rings is 1. The second-order valence-corrected chi connectivity index (χ2v) is 5.71. The van der Waals surface area contributed by atoms with Crippen molar-refractivity contribution in [3.63, 3.8) is 0 Å². The van der Waals surface area contributed by atoms with E-state index >= 15 is 0 Å². The molecule has 3 nitrogen and oxygen atoms in total. The Morgan fingerprint density at radius 1 is 1.24 bits per heavy atom. The molecular weight excluding hydrogens is 289 g/mol. The molecular formula is C16H16FNO2S. The summed E-state index contributed by atoms with van der Waals surface area (Å²) in [5, 5.41) is 4.57. The van der Waals surface area contributed by atoms with Crippen LogP contribution in [0.25, 0.3) is 0 Å². The average Bonchev–Trinajstić information content (AvgIpc) is 3.00. The molecule has 1 heterocycles. The Hall–Kier alpha value is -2.01. The smallest absolute Gasteiger partial charge is 0.220 e. The van der Waals surface area contributed by atoms with Crippen LogP contribution >= 0.6 is 11.3 Å². The Kier molecular flexibility index (Phi) is 5.22. The van der Waals surface area contributed by atoms with Gasteiger partial charge in [-0.05, 0) is 35.6 Å². The van der Waals surface area contributed by atoms with Gasteiger partial charge >= 0.3 is 0 Å². The van der Waals surface area contributed by atoms with Crippen molar-refractivity contribution < 1.29 is 14.0 Å². The van der Waals surface area contributed by atoms with Gasteiger partial charge in [0.25, 0.3) is 0 Å². The summed E-state index contributed by atoms with van der Waals surface area (Å²) < 4.78 is 13.1. The highest BCUT2D eigenvalue weighted by Crippen LogP contribution is 2.12. The number of hydrogen-bond acceptors (Lipinski definition) is 3. The molecule has 1 aromatic carbocycles. The third kappa shape index (κ3) is 4.49. The Labute approximate surface area is 126 Å². The van der Waals surface area contributed by atoms with Crippen LogP contribution in [-0.4, -0.2) is 11.7 Å². The number of hydrogen-bond donors (Lipinski definition) is 1. The molecule has 0 saturated heterocycles. The SMILES string of the molecule is Cc1cc(CNC(=O)CCC(=O)c2cccs2)ccc1F.